The summed E-state index contributed by atoms with van der Waals surface area (Å²) in [5, 5.41) is 0. The molecule has 1 heteroatoms. The van der Waals surface area contributed by atoms with E-state index in [1.165, 1.54) is 5.57 Å². The van der Waals surface area contributed by atoms with Crippen LogP contribution in [-0.2, 0) is 4.79 Å². The predicted molar refractivity (Wildman–Crippen MR) is 88.7 cm³/mol. The molecule has 0 aromatic carbocycles. The Morgan fingerprint density at radius 2 is 1.86 bits per heavy atom. The maximum Gasteiger partial charge on any atom is 0.138 e. The Labute approximate surface area is 130 Å². The van der Waals surface area contributed by atoms with Gasteiger partial charge in [0.15, 0.2) is 0 Å². The molecule has 0 saturated heterocycles. The first-order valence-corrected chi connectivity index (χ1v) is 8.06. The van der Waals surface area contributed by atoms with Crippen molar-refractivity contribution in [2.45, 2.75) is 67.7 Å². The lowest BCUT2D eigenvalue weighted by atomic mass is 9.36. The maximum absolute atomic E-state index is 12.6. The van der Waals surface area contributed by atoms with Crippen molar-refractivity contribution >= 4 is 5.78 Å². The second kappa shape index (κ2) is 4.48. The van der Waals surface area contributed by atoms with Gasteiger partial charge in [-0.05, 0) is 46.0 Å². The molecule has 0 radical (unpaired) electrons. The molecule has 21 heavy (non-hydrogen) atoms. The molecule has 3 atom stereocenters. The summed E-state index contributed by atoms with van der Waals surface area (Å²) in [6.07, 6.45) is 2.63. The molecule has 0 amide bonds. The van der Waals surface area contributed by atoms with E-state index in [2.05, 4.69) is 66.9 Å². The van der Waals surface area contributed by atoms with Gasteiger partial charge in [0.1, 0.15) is 5.78 Å². The Bertz CT molecular complexity index is 549. The summed E-state index contributed by atoms with van der Waals surface area (Å²) < 4.78 is 0. The maximum atomic E-state index is 12.6. The molecule has 2 rings (SSSR count). The van der Waals surface area contributed by atoms with Crippen molar-refractivity contribution in [3.05, 3.63) is 12.2 Å². The Hall–Kier alpha value is -1.03. The molecule has 2 saturated carbocycles. The van der Waals surface area contributed by atoms with E-state index in [9.17, 15) is 4.79 Å². The Morgan fingerprint density at radius 1 is 1.29 bits per heavy atom. The molecule has 0 spiro atoms. The van der Waals surface area contributed by atoms with Crippen molar-refractivity contribution in [3.8, 4) is 11.8 Å². The number of fused-ring (bicyclic) bond motifs is 1. The summed E-state index contributed by atoms with van der Waals surface area (Å²) in [7, 11) is 0. The molecular weight excluding hydrogens is 256 g/mol. The van der Waals surface area contributed by atoms with Crippen LogP contribution in [0.5, 0.6) is 0 Å². The second-order valence-electron chi connectivity index (χ2n) is 9.32. The number of carbonyl (C=O) groups is 1. The summed E-state index contributed by atoms with van der Waals surface area (Å²) in [4.78, 5) is 12.6. The fraction of sp³-hybridized carbons (Fsp3) is 0.750. The third-order valence-corrected chi connectivity index (χ3v) is 5.59. The van der Waals surface area contributed by atoms with Crippen molar-refractivity contribution in [3.63, 3.8) is 0 Å². The SMILES string of the molecule is C=C(C)[C@@]1(C)C[C@H]2C(=O)CC(C)(C)C[C@]21C#CC(C)(C)C. The third kappa shape index (κ3) is 2.48. The average molecular weight is 286 g/mol. The molecule has 2 aliphatic rings. The highest BCUT2D eigenvalue weighted by atomic mass is 16.1. The summed E-state index contributed by atoms with van der Waals surface area (Å²) in [6.45, 7) is 19.4. The van der Waals surface area contributed by atoms with E-state index >= 15 is 0 Å². The summed E-state index contributed by atoms with van der Waals surface area (Å²) in [5.74, 6) is 7.56. The van der Waals surface area contributed by atoms with E-state index in [-0.39, 0.29) is 27.6 Å². The van der Waals surface area contributed by atoms with Crippen LogP contribution in [0.1, 0.15) is 67.7 Å². The van der Waals surface area contributed by atoms with E-state index < -0.39 is 0 Å². The third-order valence-electron chi connectivity index (χ3n) is 5.59. The zero-order valence-electron chi connectivity index (χ0n) is 14.8. The van der Waals surface area contributed by atoms with Crippen molar-refractivity contribution in [1.29, 1.82) is 0 Å². The second-order valence-corrected chi connectivity index (χ2v) is 9.32. The Kier molecular flexibility index (Phi) is 3.49. The van der Waals surface area contributed by atoms with Gasteiger partial charge in [-0.15, -0.1) is 0 Å². The van der Waals surface area contributed by atoms with E-state index in [1.54, 1.807) is 0 Å². The van der Waals surface area contributed by atoms with E-state index in [0.29, 0.717) is 12.2 Å². The standard InChI is InChI=1S/C20H30O/c1-14(2)19(8)11-15-16(21)12-18(6,7)13-20(15,19)10-9-17(3,4)5/h15H,1,11-13H2,2-8H3/t15-,19+,20+/m0/s1. The summed E-state index contributed by atoms with van der Waals surface area (Å²) in [5.41, 5.74) is 0.952. The zero-order chi connectivity index (χ0) is 16.3. The molecule has 2 aliphatic carbocycles. The summed E-state index contributed by atoms with van der Waals surface area (Å²) >= 11 is 0. The largest absolute Gasteiger partial charge is 0.299 e. The molecule has 0 aromatic rings. The fourth-order valence-corrected chi connectivity index (χ4v) is 4.26. The molecule has 0 unspecified atom stereocenters. The Morgan fingerprint density at radius 3 is 2.33 bits per heavy atom. The van der Waals surface area contributed by atoms with Crippen LogP contribution < -0.4 is 0 Å². The number of ketones is 1. The number of Topliss-reactive ketones (excluding diaryl/α,β-unsaturated/α-hetero) is 1. The lowest BCUT2D eigenvalue weighted by molar-refractivity contribution is -0.161. The Balaban J connectivity index is 2.56. The van der Waals surface area contributed by atoms with Crippen LogP contribution in [0.4, 0.5) is 0 Å². The normalized spacial score (nSPS) is 37.9. The van der Waals surface area contributed by atoms with Crippen LogP contribution in [0, 0.1) is 39.4 Å². The van der Waals surface area contributed by atoms with Crippen molar-refractivity contribution in [1.82, 2.24) is 0 Å². The van der Waals surface area contributed by atoms with Gasteiger partial charge < -0.3 is 0 Å². The van der Waals surface area contributed by atoms with Gasteiger partial charge in [0.25, 0.3) is 0 Å². The minimum atomic E-state index is -0.203. The van der Waals surface area contributed by atoms with Crippen molar-refractivity contribution < 1.29 is 4.79 Å². The van der Waals surface area contributed by atoms with Crippen LogP contribution in [-0.4, -0.2) is 5.78 Å². The van der Waals surface area contributed by atoms with Gasteiger partial charge in [-0.2, -0.15) is 0 Å². The predicted octanol–water partition coefficient (Wildman–Crippen LogP) is 5.01. The van der Waals surface area contributed by atoms with Crippen LogP contribution >= 0.6 is 0 Å². The number of allylic oxidation sites excluding steroid dienone is 1. The van der Waals surface area contributed by atoms with Crippen LogP contribution in [0.2, 0.25) is 0 Å². The number of hydrogen-bond acceptors (Lipinski definition) is 1. The van der Waals surface area contributed by atoms with Gasteiger partial charge in [0.2, 0.25) is 0 Å². The quantitative estimate of drug-likeness (QED) is 0.489. The highest BCUT2D eigenvalue weighted by molar-refractivity contribution is 5.86. The van der Waals surface area contributed by atoms with Crippen molar-refractivity contribution in [2.75, 3.05) is 0 Å². The lowest BCUT2D eigenvalue weighted by Gasteiger charge is -2.65. The number of carbonyl (C=O) groups excluding carboxylic acids is 1. The number of hydrogen-bond donors (Lipinski definition) is 0. The molecule has 116 valence electrons. The highest BCUT2D eigenvalue weighted by Gasteiger charge is 2.68. The van der Waals surface area contributed by atoms with Gasteiger partial charge >= 0.3 is 0 Å². The minimum absolute atomic E-state index is 0.0245. The topological polar surface area (TPSA) is 17.1 Å². The van der Waals surface area contributed by atoms with Crippen LogP contribution in [0.3, 0.4) is 0 Å². The smallest absolute Gasteiger partial charge is 0.138 e. The van der Waals surface area contributed by atoms with E-state index in [4.69, 9.17) is 0 Å². The summed E-state index contributed by atoms with van der Waals surface area (Å²) in [6, 6.07) is 0. The zero-order valence-corrected chi connectivity index (χ0v) is 14.8. The van der Waals surface area contributed by atoms with E-state index in [1.807, 2.05) is 0 Å². The molecule has 0 heterocycles. The molecule has 0 aromatic heterocycles. The molecule has 0 aliphatic heterocycles. The average Bonchev–Trinajstić information content (AvgIpc) is 2.27. The van der Waals surface area contributed by atoms with E-state index in [0.717, 1.165) is 12.8 Å². The van der Waals surface area contributed by atoms with Gasteiger partial charge in [0, 0.05) is 23.2 Å². The molecule has 1 nitrogen and oxygen atoms in total. The fourth-order valence-electron chi connectivity index (χ4n) is 4.26. The number of rotatable bonds is 1. The molecular formula is C20H30O. The van der Waals surface area contributed by atoms with Crippen molar-refractivity contribution in [2.24, 2.45) is 27.6 Å². The van der Waals surface area contributed by atoms with Gasteiger partial charge in [-0.25, -0.2) is 0 Å². The first kappa shape index (κ1) is 16.3. The van der Waals surface area contributed by atoms with Gasteiger partial charge in [-0.1, -0.05) is 44.8 Å². The molecule has 0 bridgehead atoms. The first-order chi connectivity index (χ1) is 9.33. The first-order valence-electron chi connectivity index (χ1n) is 8.06. The molecule has 0 N–H and O–H groups in total. The van der Waals surface area contributed by atoms with Gasteiger partial charge in [-0.3, -0.25) is 4.79 Å². The molecule has 2 fully saturated rings. The van der Waals surface area contributed by atoms with Crippen LogP contribution in [0.25, 0.3) is 0 Å². The highest BCUT2D eigenvalue weighted by Crippen LogP contribution is 2.70. The minimum Gasteiger partial charge on any atom is -0.299 e. The monoisotopic (exact) mass is 286 g/mol. The lowest BCUT2D eigenvalue weighted by Crippen LogP contribution is -2.63. The van der Waals surface area contributed by atoms with Gasteiger partial charge in [0.05, 0.1) is 5.41 Å². The van der Waals surface area contributed by atoms with Crippen LogP contribution in [0.15, 0.2) is 12.2 Å².